The summed E-state index contributed by atoms with van der Waals surface area (Å²) in [4.78, 5) is 4.44. The van der Waals surface area contributed by atoms with Gasteiger partial charge in [0.05, 0.1) is 17.7 Å². The van der Waals surface area contributed by atoms with E-state index in [1.807, 2.05) is 44.2 Å². The first-order valence-electron chi connectivity index (χ1n) is 6.34. The highest BCUT2D eigenvalue weighted by atomic mass is 16.5. The monoisotopic (exact) mass is 260 g/mol. The first-order valence-corrected chi connectivity index (χ1v) is 6.34. The van der Waals surface area contributed by atoms with Crippen LogP contribution in [0.25, 0.3) is 10.9 Å². The Hall–Kier alpha value is -1.81. The summed E-state index contributed by atoms with van der Waals surface area (Å²) in [6.07, 6.45) is 0.810. The lowest BCUT2D eigenvalue weighted by atomic mass is 10.1. The van der Waals surface area contributed by atoms with Crippen molar-refractivity contribution >= 4 is 16.6 Å². The second-order valence-corrected chi connectivity index (χ2v) is 5.16. The zero-order valence-corrected chi connectivity index (χ0v) is 11.6. The predicted octanol–water partition coefficient (Wildman–Crippen LogP) is 3.01. The third-order valence-electron chi connectivity index (χ3n) is 3.19. The molecule has 102 valence electrons. The molecule has 4 nitrogen and oxygen atoms in total. The van der Waals surface area contributed by atoms with Gasteiger partial charge in [-0.05, 0) is 38.1 Å². The van der Waals surface area contributed by atoms with Gasteiger partial charge in [-0.15, -0.1) is 0 Å². The van der Waals surface area contributed by atoms with E-state index in [2.05, 4.69) is 4.98 Å². The van der Waals surface area contributed by atoms with Crippen LogP contribution in [0.4, 0.5) is 5.69 Å². The van der Waals surface area contributed by atoms with Gasteiger partial charge < -0.3 is 15.2 Å². The van der Waals surface area contributed by atoms with Gasteiger partial charge in [0.15, 0.2) is 0 Å². The molecule has 2 rings (SSSR count). The van der Waals surface area contributed by atoms with Crippen molar-refractivity contribution in [2.24, 2.45) is 0 Å². The van der Waals surface area contributed by atoms with E-state index in [9.17, 15) is 0 Å². The van der Waals surface area contributed by atoms with Crippen molar-refractivity contribution in [1.29, 1.82) is 0 Å². The Kier molecular flexibility index (Phi) is 3.90. The lowest BCUT2D eigenvalue weighted by molar-refractivity contribution is 0.00511. The molecular formula is C15H20N2O2. The second-order valence-electron chi connectivity index (χ2n) is 5.16. The van der Waals surface area contributed by atoms with Crippen LogP contribution in [-0.4, -0.2) is 24.3 Å². The van der Waals surface area contributed by atoms with Crippen LogP contribution < -0.4 is 10.5 Å². The maximum atomic E-state index is 5.73. The number of hydrogen-bond acceptors (Lipinski definition) is 4. The van der Waals surface area contributed by atoms with Crippen LogP contribution in [0.5, 0.6) is 5.88 Å². The maximum absolute atomic E-state index is 5.73. The molecule has 0 bridgehead atoms. The van der Waals surface area contributed by atoms with Crippen molar-refractivity contribution in [3.63, 3.8) is 0 Å². The Balaban J connectivity index is 2.04. The molecule has 2 aromatic rings. The molecule has 0 unspecified atom stereocenters. The highest BCUT2D eigenvalue weighted by Gasteiger charge is 2.16. The Morgan fingerprint density at radius 1 is 1.21 bits per heavy atom. The Morgan fingerprint density at radius 2 is 2.00 bits per heavy atom. The number of benzene rings is 1. The number of hydrogen-bond donors (Lipinski definition) is 1. The topological polar surface area (TPSA) is 57.4 Å². The van der Waals surface area contributed by atoms with Gasteiger partial charge in [-0.25, -0.2) is 4.98 Å². The van der Waals surface area contributed by atoms with Crippen LogP contribution in [0.1, 0.15) is 20.3 Å². The van der Waals surface area contributed by atoms with Gasteiger partial charge in [0.25, 0.3) is 0 Å². The molecule has 0 spiro atoms. The average Bonchev–Trinajstić information content (AvgIpc) is 2.39. The van der Waals surface area contributed by atoms with Crippen LogP contribution in [0.15, 0.2) is 30.3 Å². The smallest absolute Gasteiger partial charge is 0.213 e. The van der Waals surface area contributed by atoms with Crippen LogP contribution in [0.2, 0.25) is 0 Å². The minimum Gasteiger partial charge on any atom is -0.478 e. The normalized spacial score (nSPS) is 11.7. The van der Waals surface area contributed by atoms with Crippen LogP contribution in [0, 0.1) is 0 Å². The highest BCUT2D eigenvalue weighted by molar-refractivity contribution is 5.82. The van der Waals surface area contributed by atoms with Gasteiger partial charge in [0.2, 0.25) is 5.88 Å². The van der Waals surface area contributed by atoms with Gasteiger partial charge in [-0.1, -0.05) is 0 Å². The Bertz CT molecular complexity index is 567. The molecule has 0 radical (unpaired) electrons. The Morgan fingerprint density at radius 3 is 2.74 bits per heavy atom. The summed E-state index contributed by atoms with van der Waals surface area (Å²) in [5, 5.41) is 1.02. The van der Waals surface area contributed by atoms with Crippen molar-refractivity contribution in [3.8, 4) is 5.88 Å². The van der Waals surface area contributed by atoms with Gasteiger partial charge in [0.1, 0.15) is 0 Å². The SMILES string of the molecule is COC(C)(C)CCOc1ccc2cc(N)ccc2n1. The zero-order valence-electron chi connectivity index (χ0n) is 11.6. The van der Waals surface area contributed by atoms with Crippen molar-refractivity contribution in [2.45, 2.75) is 25.9 Å². The molecule has 2 N–H and O–H groups in total. The number of anilines is 1. The number of rotatable bonds is 5. The van der Waals surface area contributed by atoms with E-state index in [0.29, 0.717) is 12.5 Å². The third kappa shape index (κ3) is 3.58. The van der Waals surface area contributed by atoms with Crippen molar-refractivity contribution < 1.29 is 9.47 Å². The molecule has 0 aliphatic carbocycles. The molecule has 0 saturated heterocycles. The number of nitrogen functional groups attached to an aromatic ring is 1. The number of fused-ring (bicyclic) bond motifs is 1. The van der Waals surface area contributed by atoms with E-state index in [-0.39, 0.29) is 5.60 Å². The third-order valence-corrected chi connectivity index (χ3v) is 3.19. The fourth-order valence-electron chi connectivity index (χ4n) is 1.71. The molecular weight excluding hydrogens is 240 g/mol. The van der Waals surface area contributed by atoms with E-state index in [4.69, 9.17) is 15.2 Å². The summed E-state index contributed by atoms with van der Waals surface area (Å²) in [6, 6.07) is 9.47. The summed E-state index contributed by atoms with van der Waals surface area (Å²) < 4.78 is 11.0. The molecule has 1 heterocycles. The van der Waals surface area contributed by atoms with Crippen LogP contribution in [0.3, 0.4) is 0 Å². The molecule has 0 aliphatic heterocycles. The standard InChI is InChI=1S/C15H20N2O2/c1-15(2,18-3)8-9-19-14-7-4-11-10-12(16)5-6-13(11)17-14/h4-7,10H,8-9,16H2,1-3H3. The fraction of sp³-hybridized carbons (Fsp3) is 0.400. The largest absolute Gasteiger partial charge is 0.478 e. The number of nitrogens with zero attached hydrogens (tertiary/aromatic N) is 1. The lowest BCUT2D eigenvalue weighted by Crippen LogP contribution is -2.25. The summed E-state index contributed by atoms with van der Waals surface area (Å²) >= 11 is 0. The first kappa shape index (κ1) is 13.6. The molecule has 0 amide bonds. The fourth-order valence-corrected chi connectivity index (χ4v) is 1.71. The quantitative estimate of drug-likeness (QED) is 0.840. The predicted molar refractivity (Wildman–Crippen MR) is 77.4 cm³/mol. The number of ether oxygens (including phenoxy) is 2. The van der Waals surface area contributed by atoms with Gasteiger partial charge in [-0.3, -0.25) is 0 Å². The van der Waals surface area contributed by atoms with E-state index in [1.165, 1.54) is 0 Å². The molecule has 4 heteroatoms. The summed E-state index contributed by atoms with van der Waals surface area (Å²) in [7, 11) is 1.71. The molecule has 1 aromatic heterocycles. The molecule has 1 aromatic carbocycles. The minimum atomic E-state index is -0.175. The van der Waals surface area contributed by atoms with E-state index < -0.39 is 0 Å². The first-order chi connectivity index (χ1) is 9.00. The maximum Gasteiger partial charge on any atom is 0.213 e. The summed E-state index contributed by atoms with van der Waals surface area (Å²) in [5.74, 6) is 0.629. The van der Waals surface area contributed by atoms with Crippen molar-refractivity contribution in [2.75, 3.05) is 19.5 Å². The molecule has 0 saturated carbocycles. The van der Waals surface area contributed by atoms with Crippen LogP contribution in [-0.2, 0) is 4.74 Å². The van der Waals surface area contributed by atoms with E-state index in [0.717, 1.165) is 23.0 Å². The summed E-state index contributed by atoms with van der Waals surface area (Å²) in [5.41, 5.74) is 7.18. The van der Waals surface area contributed by atoms with Crippen molar-refractivity contribution in [3.05, 3.63) is 30.3 Å². The molecule has 0 fully saturated rings. The van der Waals surface area contributed by atoms with Crippen molar-refractivity contribution in [1.82, 2.24) is 4.98 Å². The van der Waals surface area contributed by atoms with Crippen LogP contribution >= 0.6 is 0 Å². The number of pyridine rings is 1. The number of methoxy groups -OCH3 is 1. The lowest BCUT2D eigenvalue weighted by Gasteiger charge is -2.22. The second kappa shape index (κ2) is 5.45. The van der Waals surface area contributed by atoms with Gasteiger partial charge in [0, 0.05) is 30.7 Å². The van der Waals surface area contributed by atoms with E-state index in [1.54, 1.807) is 7.11 Å². The molecule has 0 aliphatic rings. The van der Waals surface area contributed by atoms with Gasteiger partial charge >= 0.3 is 0 Å². The average molecular weight is 260 g/mol. The Labute approximate surface area is 113 Å². The summed E-state index contributed by atoms with van der Waals surface area (Å²) in [6.45, 7) is 4.65. The van der Waals surface area contributed by atoms with E-state index >= 15 is 0 Å². The number of nitrogens with two attached hydrogens (primary N) is 1. The number of aromatic nitrogens is 1. The molecule has 0 atom stereocenters. The minimum absolute atomic E-state index is 0.175. The molecule has 19 heavy (non-hydrogen) atoms. The van der Waals surface area contributed by atoms with Gasteiger partial charge in [-0.2, -0.15) is 0 Å². The highest BCUT2D eigenvalue weighted by Crippen LogP contribution is 2.20. The zero-order chi connectivity index (χ0) is 13.9.